The topological polar surface area (TPSA) is 66.7 Å². The molecule has 1 aromatic carbocycles. The highest BCUT2D eigenvalue weighted by molar-refractivity contribution is 5.89. The molecule has 2 aliphatic rings. The lowest BCUT2D eigenvalue weighted by Gasteiger charge is -2.33. The van der Waals surface area contributed by atoms with E-state index in [4.69, 9.17) is 4.52 Å². The highest BCUT2D eigenvalue weighted by Gasteiger charge is 2.41. The summed E-state index contributed by atoms with van der Waals surface area (Å²) in [5.41, 5.74) is 2.15. The molecule has 1 unspecified atom stereocenters. The van der Waals surface area contributed by atoms with Crippen LogP contribution in [0.15, 0.2) is 28.8 Å². The minimum atomic E-state index is -0.317. The van der Waals surface area contributed by atoms with E-state index in [2.05, 4.69) is 5.16 Å². The van der Waals surface area contributed by atoms with Crippen molar-refractivity contribution in [1.82, 2.24) is 15.0 Å². The van der Waals surface area contributed by atoms with Crippen molar-refractivity contribution in [2.75, 3.05) is 13.1 Å². The molecule has 2 aromatic rings. The molecule has 1 fully saturated rings. The Morgan fingerprint density at radius 2 is 1.96 bits per heavy atom. The number of halogens is 1. The van der Waals surface area contributed by atoms with Crippen molar-refractivity contribution in [2.45, 2.75) is 45.7 Å². The second kappa shape index (κ2) is 6.72. The van der Waals surface area contributed by atoms with Gasteiger partial charge in [0.15, 0.2) is 5.76 Å². The Hall–Kier alpha value is -2.70. The van der Waals surface area contributed by atoms with Crippen molar-refractivity contribution in [3.8, 4) is 11.3 Å². The summed E-state index contributed by atoms with van der Waals surface area (Å²) < 4.78 is 18.7. The van der Waals surface area contributed by atoms with Gasteiger partial charge in [0.1, 0.15) is 5.82 Å². The lowest BCUT2D eigenvalue weighted by Crippen LogP contribution is -2.44. The van der Waals surface area contributed by atoms with E-state index < -0.39 is 0 Å². The van der Waals surface area contributed by atoms with Crippen LogP contribution in [0.4, 0.5) is 4.39 Å². The van der Waals surface area contributed by atoms with Gasteiger partial charge in [-0.05, 0) is 45.0 Å². The molecule has 1 atom stereocenters. The Balaban J connectivity index is 1.53. The Bertz CT molecular complexity index is 914. The molecule has 4 rings (SSSR count). The molecule has 6 nitrogen and oxygen atoms in total. The lowest BCUT2D eigenvalue weighted by molar-refractivity contribution is -0.136. The smallest absolute Gasteiger partial charge is 0.228 e. The van der Waals surface area contributed by atoms with Crippen LogP contribution >= 0.6 is 0 Å². The number of fused-ring (bicyclic) bond motifs is 1. The molecule has 0 radical (unpaired) electrons. The van der Waals surface area contributed by atoms with Crippen molar-refractivity contribution < 1.29 is 18.5 Å². The Kier molecular flexibility index (Phi) is 4.48. The third-order valence-corrected chi connectivity index (χ3v) is 5.54. The first-order valence-electron chi connectivity index (χ1n) is 9.56. The van der Waals surface area contributed by atoms with Crippen LogP contribution in [0, 0.1) is 11.7 Å². The van der Waals surface area contributed by atoms with Crippen LogP contribution in [-0.4, -0.2) is 45.4 Å². The molecule has 2 amide bonds. The van der Waals surface area contributed by atoms with Gasteiger partial charge in [0.25, 0.3) is 0 Å². The Morgan fingerprint density at radius 3 is 2.61 bits per heavy atom. The van der Waals surface area contributed by atoms with Crippen molar-refractivity contribution in [1.29, 1.82) is 0 Å². The first-order valence-corrected chi connectivity index (χ1v) is 9.56. The van der Waals surface area contributed by atoms with Crippen LogP contribution in [0.3, 0.4) is 0 Å². The molecule has 0 aliphatic carbocycles. The summed E-state index contributed by atoms with van der Waals surface area (Å²) in [5, 5.41) is 4.13. The summed E-state index contributed by atoms with van der Waals surface area (Å²) in [6, 6.07) is 6.05. The van der Waals surface area contributed by atoms with Gasteiger partial charge in [0.05, 0.1) is 18.2 Å². The van der Waals surface area contributed by atoms with E-state index in [1.54, 1.807) is 21.9 Å². The van der Waals surface area contributed by atoms with Gasteiger partial charge in [-0.25, -0.2) is 4.39 Å². The van der Waals surface area contributed by atoms with Gasteiger partial charge in [0, 0.05) is 42.6 Å². The van der Waals surface area contributed by atoms with E-state index in [9.17, 15) is 14.0 Å². The third-order valence-electron chi connectivity index (χ3n) is 5.54. The van der Waals surface area contributed by atoms with Crippen molar-refractivity contribution in [2.24, 2.45) is 5.92 Å². The van der Waals surface area contributed by atoms with Crippen LogP contribution in [0.1, 0.15) is 38.4 Å². The summed E-state index contributed by atoms with van der Waals surface area (Å²) in [6.45, 7) is 7.36. The number of carbonyl (C=O) groups excluding carboxylic acids is 2. The average molecular weight is 385 g/mol. The summed E-state index contributed by atoms with van der Waals surface area (Å²) in [7, 11) is 0. The van der Waals surface area contributed by atoms with Gasteiger partial charge in [0.2, 0.25) is 11.8 Å². The molecule has 148 valence electrons. The van der Waals surface area contributed by atoms with E-state index in [-0.39, 0.29) is 35.5 Å². The van der Waals surface area contributed by atoms with Crippen molar-refractivity contribution >= 4 is 11.8 Å². The van der Waals surface area contributed by atoms with E-state index >= 15 is 0 Å². The van der Waals surface area contributed by atoms with Crippen LogP contribution in [0.25, 0.3) is 11.3 Å². The maximum Gasteiger partial charge on any atom is 0.228 e. The number of likely N-dealkylation sites (tertiary alicyclic amines) is 1. The molecule has 28 heavy (non-hydrogen) atoms. The highest BCUT2D eigenvalue weighted by atomic mass is 19.1. The molecule has 7 heteroatoms. The molecule has 0 bridgehead atoms. The maximum atomic E-state index is 13.2. The van der Waals surface area contributed by atoms with E-state index in [0.29, 0.717) is 31.8 Å². The van der Waals surface area contributed by atoms with Gasteiger partial charge >= 0.3 is 0 Å². The molecular weight excluding hydrogens is 361 g/mol. The van der Waals surface area contributed by atoms with Crippen molar-refractivity contribution in [3.05, 3.63) is 41.3 Å². The first kappa shape index (κ1) is 18.7. The van der Waals surface area contributed by atoms with Crippen LogP contribution < -0.4 is 0 Å². The van der Waals surface area contributed by atoms with Gasteiger partial charge in [-0.3, -0.25) is 9.59 Å². The Labute approximate surface area is 163 Å². The fourth-order valence-electron chi connectivity index (χ4n) is 4.01. The second-order valence-electron chi connectivity index (χ2n) is 8.53. The van der Waals surface area contributed by atoms with Crippen LogP contribution in [0.5, 0.6) is 0 Å². The van der Waals surface area contributed by atoms with Gasteiger partial charge in [-0.2, -0.15) is 0 Å². The summed E-state index contributed by atoms with van der Waals surface area (Å²) in [4.78, 5) is 29.0. The van der Waals surface area contributed by atoms with E-state index in [0.717, 1.165) is 16.8 Å². The maximum absolute atomic E-state index is 13.2. The number of amides is 2. The number of hydrogen-bond donors (Lipinski definition) is 0. The molecule has 0 N–H and O–H groups in total. The zero-order valence-electron chi connectivity index (χ0n) is 16.4. The molecule has 2 aliphatic heterocycles. The number of carbonyl (C=O) groups is 2. The van der Waals surface area contributed by atoms with Crippen LogP contribution in [-0.2, 0) is 22.6 Å². The van der Waals surface area contributed by atoms with E-state index in [1.807, 2.05) is 20.8 Å². The SMILES string of the molecule is CC(C)(C)N1CC(C(=O)N2CCc3noc(-c4ccc(F)cc4)c3C2)CC1=O. The number of hydrogen-bond acceptors (Lipinski definition) is 4. The predicted octanol–water partition coefficient (Wildman–Crippen LogP) is 3.01. The molecule has 0 spiro atoms. The Morgan fingerprint density at radius 1 is 1.25 bits per heavy atom. The largest absolute Gasteiger partial charge is 0.356 e. The normalized spacial score (nSPS) is 19.9. The van der Waals surface area contributed by atoms with Gasteiger partial charge < -0.3 is 14.3 Å². The first-order chi connectivity index (χ1) is 13.2. The number of benzene rings is 1. The third kappa shape index (κ3) is 3.30. The van der Waals surface area contributed by atoms with Crippen molar-refractivity contribution in [3.63, 3.8) is 0 Å². The zero-order chi connectivity index (χ0) is 20.1. The molecule has 1 saturated heterocycles. The summed E-state index contributed by atoms with van der Waals surface area (Å²) >= 11 is 0. The fraction of sp³-hybridized carbons (Fsp3) is 0.476. The van der Waals surface area contributed by atoms with E-state index in [1.165, 1.54) is 12.1 Å². The number of aromatic nitrogens is 1. The van der Waals surface area contributed by atoms with Crippen LogP contribution in [0.2, 0.25) is 0 Å². The minimum Gasteiger partial charge on any atom is -0.356 e. The number of rotatable bonds is 2. The quantitative estimate of drug-likeness (QED) is 0.797. The number of nitrogens with zero attached hydrogens (tertiary/aromatic N) is 3. The predicted molar refractivity (Wildman–Crippen MR) is 101 cm³/mol. The average Bonchev–Trinajstić information content (AvgIpc) is 3.24. The van der Waals surface area contributed by atoms with Gasteiger partial charge in [-0.15, -0.1) is 0 Å². The highest BCUT2D eigenvalue weighted by Crippen LogP contribution is 2.33. The molecule has 0 saturated carbocycles. The second-order valence-corrected chi connectivity index (χ2v) is 8.53. The minimum absolute atomic E-state index is 0.00277. The summed E-state index contributed by atoms with van der Waals surface area (Å²) in [6.07, 6.45) is 0.864. The summed E-state index contributed by atoms with van der Waals surface area (Å²) in [5.74, 6) is -0.0329. The standard InChI is InChI=1S/C21H24FN3O3/c1-21(2,3)25-11-14(10-18(25)26)20(27)24-9-8-17-16(12-24)19(28-23-17)13-4-6-15(22)7-5-13/h4-7,14H,8-12H2,1-3H3. The lowest BCUT2D eigenvalue weighted by atomic mass is 9.99. The fourth-order valence-corrected chi connectivity index (χ4v) is 4.01. The zero-order valence-corrected chi connectivity index (χ0v) is 16.4. The molecular formula is C21H24FN3O3. The molecule has 1 aromatic heterocycles. The molecule has 3 heterocycles. The monoisotopic (exact) mass is 385 g/mol. The van der Waals surface area contributed by atoms with Gasteiger partial charge in [-0.1, -0.05) is 5.16 Å².